The Kier molecular flexibility index (Phi) is 2.89. The Labute approximate surface area is 90.5 Å². The van der Waals surface area contributed by atoms with E-state index in [1.165, 1.54) is 5.69 Å². The molecule has 0 amide bonds. The fourth-order valence-corrected chi connectivity index (χ4v) is 2.39. The molecule has 0 bridgehead atoms. The van der Waals surface area contributed by atoms with Crippen LogP contribution in [0.5, 0.6) is 0 Å². The fourth-order valence-electron chi connectivity index (χ4n) is 2.39. The van der Waals surface area contributed by atoms with Crippen LogP contribution in [0.15, 0.2) is 6.07 Å². The van der Waals surface area contributed by atoms with Gasteiger partial charge in [-0.3, -0.25) is 9.48 Å². The molecule has 0 N–H and O–H groups in total. The molecule has 1 unspecified atom stereocenters. The molecule has 1 aromatic rings. The van der Waals surface area contributed by atoms with Crippen molar-refractivity contribution in [2.45, 2.75) is 46.1 Å². The van der Waals surface area contributed by atoms with Gasteiger partial charge in [0, 0.05) is 24.6 Å². The molecular formula is C12H18N2O. The van der Waals surface area contributed by atoms with Gasteiger partial charge < -0.3 is 0 Å². The number of carbonyl (C=O) groups is 1. The van der Waals surface area contributed by atoms with Gasteiger partial charge in [-0.1, -0.05) is 0 Å². The third kappa shape index (κ3) is 2.11. The lowest BCUT2D eigenvalue weighted by Gasteiger charge is -2.08. The molecule has 2 rings (SSSR count). The van der Waals surface area contributed by atoms with Gasteiger partial charge in [0.1, 0.15) is 5.78 Å². The number of carbonyl (C=O) groups excluding carboxylic acids is 1. The van der Waals surface area contributed by atoms with E-state index < -0.39 is 0 Å². The molecule has 1 aliphatic carbocycles. The van der Waals surface area contributed by atoms with Crippen LogP contribution < -0.4 is 0 Å². The van der Waals surface area contributed by atoms with Crippen LogP contribution in [-0.4, -0.2) is 15.6 Å². The SMILES string of the molecule is CCn1nc(C)cc1CC1CCCC1=O. The number of aromatic nitrogens is 2. The Bertz CT molecular complexity index is 368. The van der Waals surface area contributed by atoms with Crippen molar-refractivity contribution in [1.29, 1.82) is 0 Å². The molecule has 1 fully saturated rings. The number of aryl methyl sites for hydroxylation is 2. The molecule has 15 heavy (non-hydrogen) atoms. The summed E-state index contributed by atoms with van der Waals surface area (Å²) in [7, 11) is 0. The van der Waals surface area contributed by atoms with Crippen molar-refractivity contribution in [1.82, 2.24) is 9.78 Å². The lowest BCUT2D eigenvalue weighted by atomic mass is 10.0. The highest BCUT2D eigenvalue weighted by atomic mass is 16.1. The van der Waals surface area contributed by atoms with Crippen molar-refractivity contribution < 1.29 is 4.79 Å². The van der Waals surface area contributed by atoms with Gasteiger partial charge in [0.2, 0.25) is 0 Å². The minimum Gasteiger partial charge on any atom is -0.299 e. The van der Waals surface area contributed by atoms with Crippen LogP contribution in [-0.2, 0) is 17.8 Å². The molecule has 1 saturated carbocycles. The van der Waals surface area contributed by atoms with E-state index in [0.717, 1.165) is 37.9 Å². The number of hydrogen-bond acceptors (Lipinski definition) is 2. The standard InChI is InChI=1S/C12H18N2O/c1-3-14-11(7-9(2)13-14)8-10-5-4-6-12(10)15/h7,10H,3-6,8H2,1-2H3. The van der Waals surface area contributed by atoms with Crippen LogP contribution in [0.2, 0.25) is 0 Å². The predicted octanol–water partition coefficient (Wildman–Crippen LogP) is 2.12. The lowest BCUT2D eigenvalue weighted by molar-refractivity contribution is -0.120. The third-order valence-corrected chi connectivity index (χ3v) is 3.17. The number of Topliss-reactive ketones (excluding diaryl/α,β-unsaturated/α-hetero) is 1. The number of ketones is 1. The van der Waals surface area contributed by atoms with Crippen LogP contribution >= 0.6 is 0 Å². The molecule has 1 atom stereocenters. The Morgan fingerprint density at radius 3 is 3.00 bits per heavy atom. The molecule has 0 aliphatic heterocycles. The average Bonchev–Trinajstić information content (AvgIpc) is 2.75. The van der Waals surface area contributed by atoms with E-state index in [2.05, 4.69) is 18.1 Å². The van der Waals surface area contributed by atoms with Crippen molar-refractivity contribution in [2.24, 2.45) is 5.92 Å². The monoisotopic (exact) mass is 206 g/mol. The van der Waals surface area contributed by atoms with Crippen LogP contribution in [0.4, 0.5) is 0 Å². The molecule has 3 nitrogen and oxygen atoms in total. The molecular weight excluding hydrogens is 188 g/mol. The van der Waals surface area contributed by atoms with Crippen LogP contribution in [0.3, 0.4) is 0 Å². The normalized spacial score (nSPS) is 21.2. The second-order valence-corrected chi connectivity index (χ2v) is 4.35. The minimum atomic E-state index is 0.256. The zero-order chi connectivity index (χ0) is 10.8. The summed E-state index contributed by atoms with van der Waals surface area (Å²) in [5, 5.41) is 4.40. The van der Waals surface area contributed by atoms with Crippen molar-refractivity contribution in [2.75, 3.05) is 0 Å². The Balaban J connectivity index is 2.12. The van der Waals surface area contributed by atoms with E-state index in [1.807, 2.05) is 11.6 Å². The molecule has 82 valence electrons. The zero-order valence-electron chi connectivity index (χ0n) is 9.49. The Hall–Kier alpha value is -1.12. The van der Waals surface area contributed by atoms with Crippen molar-refractivity contribution >= 4 is 5.78 Å². The Morgan fingerprint density at radius 1 is 1.60 bits per heavy atom. The summed E-state index contributed by atoms with van der Waals surface area (Å²) in [5.74, 6) is 0.697. The van der Waals surface area contributed by atoms with E-state index in [-0.39, 0.29) is 5.92 Å². The second kappa shape index (κ2) is 4.17. The quantitative estimate of drug-likeness (QED) is 0.759. The first-order valence-electron chi connectivity index (χ1n) is 5.76. The lowest BCUT2D eigenvalue weighted by Crippen LogP contribution is -2.13. The van der Waals surface area contributed by atoms with Gasteiger partial charge in [-0.2, -0.15) is 5.10 Å². The van der Waals surface area contributed by atoms with Gasteiger partial charge in [0.05, 0.1) is 5.69 Å². The summed E-state index contributed by atoms with van der Waals surface area (Å²) in [6.45, 7) is 4.99. The predicted molar refractivity (Wildman–Crippen MR) is 58.7 cm³/mol. The number of nitrogens with zero attached hydrogens (tertiary/aromatic N) is 2. The largest absolute Gasteiger partial charge is 0.299 e. The van der Waals surface area contributed by atoms with Crippen molar-refractivity contribution in [3.8, 4) is 0 Å². The first kappa shape index (κ1) is 10.4. The molecule has 1 aliphatic rings. The van der Waals surface area contributed by atoms with Gasteiger partial charge in [-0.05, 0) is 39.2 Å². The second-order valence-electron chi connectivity index (χ2n) is 4.35. The van der Waals surface area contributed by atoms with Crippen LogP contribution in [0.25, 0.3) is 0 Å². The van der Waals surface area contributed by atoms with Crippen molar-refractivity contribution in [3.05, 3.63) is 17.5 Å². The van der Waals surface area contributed by atoms with E-state index in [4.69, 9.17) is 0 Å². The van der Waals surface area contributed by atoms with E-state index >= 15 is 0 Å². The van der Waals surface area contributed by atoms with E-state index in [1.54, 1.807) is 0 Å². The van der Waals surface area contributed by atoms with Crippen LogP contribution in [0, 0.1) is 12.8 Å². The zero-order valence-corrected chi connectivity index (χ0v) is 9.49. The summed E-state index contributed by atoms with van der Waals surface area (Å²) < 4.78 is 2.01. The first-order chi connectivity index (χ1) is 7.20. The van der Waals surface area contributed by atoms with E-state index in [9.17, 15) is 4.79 Å². The van der Waals surface area contributed by atoms with Crippen LogP contribution in [0.1, 0.15) is 37.6 Å². The van der Waals surface area contributed by atoms with Gasteiger partial charge in [0.25, 0.3) is 0 Å². The maximum Gasteiger partial charge on any atom is 0.136 e. The maximum atomic E-state index is 11.6. The molecule has 0 saturated heterocycles. The Morgan fingerprint density at radius 2 is 2.40 bits per heavy atom. The molecule has 0 spiro atoms. The highest BCUT2D eigenvalue weighted by Crippen LogP contribution is 2.25. The summed E-state index contributed by atoms with van der Waals surface area (Å²) in [6, 6.07) is 2.11. The van der Waals surface area contributed by atoms with Crippen molar-refractivity contribution in [3.63, 3.8) is 0 Å². The summed E-state index contributed by atoms with van der Waals surface area (Å²) in [5.41, 5.74) is 2.27. The van der Waals surface area contributed by atoms with Gasteiger partial charge in [-0.15, -0.1) is 0 Å². The number of rotatable bonds is 3. The molecule has 0 aromatic carbocycles. The van der Waals surface area contributed by atoms with Gasteiger partial charge in [0.15, 0.2) is 0 Å². The summed E-state index contributed by atoms with van der Waals surface area (Å²) in [4.78, 5) is 11.6. The molecule has 1 heterocycles. The highest BCUT2D eigenvalue weighted by Gasteiger charge is 2.25. The maximum absolute atomic E-state index is 11.6. The summed E-state index contributed by atoms with van der Waals surface area (Å²) in [6.07, 6.45) is 3.80. The number of hydrogen-bond donors (Lipinski definition) is 0. The fraction of sp³-hybridized carbons (Fsp3) is 0.667. The first-order valence-corrected chi connectivity index (χ1v) is 5.76. The molecule has 1 aromatic heterocycles. The molecule has 0 radical (unpaired) electrons. The average molecular weight is 206 g/mol. The molecule has 3 heteroatoms. The smallest absolute Gasteiger partial charge is 0.136 e. The minimum absolute atomic E-state index is 0.256. The van der Waals surface area contributed by atoms with Gasteiger partial charge in [-0.25, -0.2) is 0 Å². The highest BCUT2D eigenvalue weighted by molar-refractivity contribution is 5.83. The summed E-state index contributed by atoms with van der Waals surface area (Å²) >= 11 is 0. The van der Waals surface area contributed by atoms with Gasteiger partial charge >= 0.3 is 0 Å². The van der Waals surface area contributed by atoms with E-state index in [0.29, 0.717) is 5.78 Å². The topological polar surface area (TPSA) is 34.9 Å². The third-order valence-electron chi connectivity index (χ3n) is 3.17.